The average Bonchev–Trinajstić information content (AvgIpc) is 2.07. The Hall–Kier alpha value is -1.36. The summed E-state index contributed by atoms with van der Waals surface area (Å²) in [5.41, 5.74) is -0.190. The molecule has 0 aliphatic carbocycles. The highest BCUT2D eigenvalue weighted by Crippen LogP contribution is 2.26. The summed E-state index contributed by atoms with van der Waals surface area (Å²) < 4.78 is 13.1. The van der Waals surface area contributed by atoms with Gasteiger partial charge in [0.05, 0.1) is 10.5 Å². The lowest BCUT2D eigenvalue weighted by molar-refractivity contribution is -0.109. The number of hydrogen-bond donors (Lipinski definition) is 1. The summed E-state index contributed by atoms with van der Waals surface area (Å²) in [5, 5.41) is 8.36. The molecular formula is C9H7FO3S. The lowest BCUT2D eigenvalue weighted by Crippen LogP contribution is -2.01. The Morgan fingerprint density at radius 3 is 2.57 bits per heavy atom. The zero-order valence-electron chi connectivity index (χ0n) is 7.28. The van der Waals surface area contributed by atoms with E-state index in [0.29, 0.717) is 11.8 Å². The van der Waals surface area contributed by atoms with Crippen molar-refractivity contribution in [2.45, 2.75) is 11.8 Å². The number of hydrogen-bond acceptors (Lipinski definition) is 3. The zero-order chi connectivity index (χ0) is 10.7. The summed E-state index contributed by atoms with van der Waals surface area (Å²) >= 11 is 0.585. The largest absolute Gasteiger partial charge is 0.478 e. The average molecular weight is 214 g/mol. The van der Waals surface area contributed by atoms with Crippen LogP contribution in [0.3, 0.4) is 0 Å². The third-order valence-electron chi connectivity index (χ3n) is 1.44. The summed E-state index contributed by atoms with van der Waals surface area (Å²) in [6.45, 7) is 1.25. The Balaban J connectivity index is 3.22. The van der Waals surface area contributed by atoms with E-state index in [0.717, 1.165) is 6.07 Å². The quantitative estimate of drug-likeness (QED) is 0.766. The SMILES string of the molecule is CC(=O)Sc1c(F)cccc1C(=O)O. The monoisotopic (exact) mass is 214 g/mol. The van der Waals surface area contributed by atoms with Gasteiger partial charge in [0.1, 0.15) is 5.82 Å². The van der Waals surface area contributed by atoms with Gasteiger partial charge < -0.3 is 5.11 Å². The summed E-state index contributed by atoms with van der Waals surface area (Å²) in [4.78, 5) is 21.3. The van der Waals surface area contributed by atoms with E-state index in [-0.39, 0.29) is 15.6 Å². The Kier molecular flexibility index (Phi) is 3.24. The molecular weight excluding hydrogens is 207 g/mol. The number of halogens is 1. The van der Waals surface area contributed by atoms with Crippen molar-refractivity contribution in [3.05, 3.63) is 29.6 Å². The highest BCUT2D eigenvalue weighted by Gasteiger charge is 2.15. The van der Waals surface area contributed by atoms with Gasteiger partial charge >= 0.3 is 5.97 Å². The number of benzene rings is 1. The molecule has 0 unspecified atom stereocenters. The minimum Gasteiger partial charge on any atom is -0.478 e. The van der Waals surface area contributed by atoms with Crippen molar-refractivity contribution in [2.24, 2.45) is 0 Å². The third kappa shape index (κ3) is 2.32. The van der Waals surface area contributed by atoms with Gasteiger partial charge in [0.15, 0.2) is 5.12 Å². The first-order valence-corrected chi connectivity index (χ1v) is 4.54. The summed E-state index contributed by atoms with van der Waals surface area (Å²) in [7, 11) is 0. The molecule has 1 aromatic carbocycles. The van der Waals surface area contributed by atoms with Crippen LogP contribution in [-0.4, -0.2) is 16.2 Å². The second kappa shape index (κ2) is 4.23. The molecule has 0 aliphatic heterocycles. The second-order valence-electron chi connectivity index (χ2n) is 2.52. The Morgan fingerprint density at radius 2 is 2.07 bits per heavy atom. The number of carbonyl (C=O) groups is 2. The molecule has 0 amide bonds. The molecule has 0 fully saturated rings. The van der Waals surface area contributed by atoms with E-state index in [2.05, 4.69) is 0 Å². The summed E-state index contributed by atoms with van der Waals surface area (Å²) in [6, 6.07) is 3.68. The van der Waals surface area contributed by atoms with Crippen molar-refractivity contribution in [3.8, 4) is 0 Å². The first-order chi connectivity index (χ1) is 6.52. The van der Waals surface area contributed by atoms with Crippen molar-refractivity contribution < 1.29 is 19.1 Å². The first kappa shape index (κ1) is 10.7. The lowest BCUT2D eigenvalue weighted by atomic mass is 10.2. The maximum absolute atomic E-state index is 13.1. The number of rotatable bonds is 2. The molecule has 0 atom stereocenters. The van der Waals surface area contributed by atoms with Gasteiger partial charge in [-0.25, -0.2) is 9.18 Å². The van der Waals surface area contributed by atoms with Crippen LogP contribution in [0.1, 0.15) is 17.3 Å². The van der Waals surface area contributed by atoms with Gasteiger partial charge in [-0.2, -0.15) is 0 Å². The van der Waals surface area contributed by atoms with E-state index in [1.54, 1.807) is 0 Å². The Bertz CT molecular complexity index is 390. The molecule has 0 saturated heterocycles. The normalized spacial score (nSPS) is 9.86. The fourth-order valence-corrected chi connectivity index (χ4v) is 1.64. The van der Waals surface area contributed by atoms with Crippen LogP contribution in [0.25, 0.3) is 0 Å². The van der Waals surface area contributed by atoms with Gasteiger partial charge in [-0.05, 0) is 23.9 Å². The number of thioether (sulfide) groups is 1. The number of carboxylic acids is 1. The van der Waals surface area contributed by atoms with Crippen molar-refractivity contribution >= 4 is 22.8 Å². The van der Waals surface area contributed by atoms with Crippen LogP contribution in [-0.2, 0) is 4.79 Å². The smallest absolute Gasteiger partial charge is 0.336 e. The number of carbonyl (C=O) groups excluding carboxylic acids is 1. The molecule has 0 spiro atoms. The number of carboxylic acid groups (broad SMARTS) is 1. The van der Waals surface area contributed by atoms with Crippen molar-refractivity contribution in [3.63, 3.8) is 0 Å². The molecule has 0 bridgehead atoms. The maximum atomic E-state index is 13.1. The zero-order valence-corrected chi connectivity index (χ0v) is 8.10. The van der Waals surface area contributed by atoms with Gasteiger partial charge in [-0.1, -0.05) is 6.07 Å². The van der Waals surface area contributed by atoms with Gasteiger partial charge in [0, 0.05) is 6.92 Å². The van der Waals surface area contributed by atoms with Gasteiger partial charge in [-0.3, -0.25) is 4.79 Å². The fraction of sp³-hybridized carbons (Fsp3) is 0.111. The molecule has 1 rings (SSSR count). The summed E-state index contributed by atoms with van der Waals surface area (Å²) in [5.74, 6) is -1.93. The van der Waals surface area contributed by atoms with E-state index in [9.17, 15) is 14.0 Å². The molecule has 1 aromatic rings. The van der Waals surface area contributed by atoms with E-state index in [1.807, 2.05) is 0 Å². The van der Waals surface area contributed by atoms with E-state index in [4.69, 9.17) is 5.11 Å². The minimum absolute atomic E-state index is 0.132. The van der Waals surface area contributed by atoms with E-state index in [1.165, 1.54) is 19.1 Å². The van der Waals surface area contributed by atoms with Crippen molar-refractivity contribution in [1.82, 2.24) is 0 Å². The standard InChI is InChI=1S/C9H7FO3S/c1-5(11)14-8-6(9(12)13)3-2-4-7(8)10/h2-4H,1H3,(H,12,13). The topological polar surface area (TPSA) is 54.4 Å². The van der Waals surface area contributed by atoms with Crippen molar-refractivity contribution in [2.75, 3.05) is 0 Å². The molecule has 74 valence electrons. The van der Waals surface area contributed by atoms with Crippen LogP contribution in [0.2, 0.25) is 0 Å². The molecule has 1 N–H and O–H groups in total. The highest BCUT2D eigenvalue weighted by molar-refractivity contribution is 8.13. The predicted octanol–water partition coefficient (Wildman–Crippen LogP) is 2.16. The van der Waals surface area contributed by atoms with Crippen LogP contribution in [0.15, 0.2) is 23.1 Å². The summed E-state index contributed by atoms with van der Waals surface area (Å²) in [6.07, 6.45) is 0. The Morgan fingerprint density at radius 1 is 1.43 bits per heavy atom. The molecule has 0 saturated carbocycles. The molecule has 3 nitrogen and oxygen atoms in total. The lowest BCUT2D eigenvalue weighted by Gasteiger charge is -2.03. The second-order valence-corrected chi connectivity index (χ2v) is 3.70. The molecule has 0 heterocycles. The Labute approximate surface area is 83.9 Å². The van der Waals surface area contributed by atoms with Crippen LogP contribution in [0.4, 0.5) is 4.39 Å². The van der Waals surface area contributed by atoms with E-state index < -0.39 is 11.8 Å². The van der Waals surface area contributed by atoms with Crippen LogP contribution >= 0.6 is 11.8 Å². The first-order valence-electron chi connectivity index (χ1n) is 3.72. The number of aromatic carboxylic acids is 1. The van der Waals surface area contributed by atoms with E-state index >= 15 is 0 Å². The predicted molar refractivity (Wildman–Crippen MR) is 49.9 cm³/mol. The van der Waals surface area contributed by atoms with Gasteiger partial charge in [0.25, 0.3) is 0 Å². The molecule has 14 heavy (non-hydrogen) atoms. The van der Waals surface area contributed by atoms with Crippen LogP contribution in [0, 0.1) is 5.82 Å². The van der Waals surface area contributed by atoms with Crippen LogP contribution < -0.4 is 0 Å². The van der Waals surface area contributed by atoms with Gasteiger partial charge in [-0.15, -0.1) is 0 Å². The molecule has 0 aliphatic rings. The maximum Gasteiger partial charge on any atom is 0.336 e. The highest BCUT2D eigenvalue weighted by atomic mass is 32.2. The van der Waals surface area contributed by atoms with Gasteiger partial charge in [0.2, 0.25) is 0 Å². The fourth-order valence-electron chi connectivity index (χ4n) is 0.925. The van der Waals surface area contributed by atoms with Crippen LogP contribution in [0.5, 0.6) is 0 Å². The van der Waals surface area contributed by atoms with Crippen molar-refractivity contribution in [1.29, 1.82) is 0 Å². The minimum atomic E-state index is -1.24. The third-order valence-corrected chi connectivity index (χ3v) is 2.35. The molecule has 5 heteroatoms. The molecule has 0 aromatic heterocycles. The molecule has 0 radical (unpaired) electrons.